The fourth-order valence-electron chi connectivity index (χ4n) is 7.49. The van der Waals surface area contributed by atoms with Crippen LogP contribution in [-0.2, 0) is 0 Å². The molecule has 41 heavy (non-hydrogen) atoms. The van der Waals surface area contributed by atoms with Crippen LogP contribution in [-0.4, -0.2) is 30.6 Å². The zero-order chi connectivity index (χ0) is 27.9. The van der Waals surface area contributed by atoms with Gasteiger partial charge < -0.3 is 0 Å². The maximum atomic E-state index is 14.4. The van der Waals surface area contributed by atoms with Gasteiger partial charge in [0, 0.05) is 34.5 Å². The number of nitrogens with zero attached hydrogens (tertiary/aromatic N) is 5. The molecule has 0 radical (unpaired) electrons. The molecule has 7 rings (SSSR count). The Morgan fingerprint density at radius 1 is 0.732 bits per heavy atom. The Bertz CT molecular complexity index is 1670. The van der Waals surface area contributed by atoms with Crippen LogP contribution in [0.15, 0.2) is 54.7 Å². The van der Waals surface area contributed by atoms with E-state index in [1.807, 2.05) is 12.3 Å². The van der Waals surface area contributed by atoms with Crippen molar-refractivity contribution in [1.82, 2.24) is 30.6 Å². The molecule has 1 unspecified atom stereocenters. The molecule has 210 valence electrons. The molecule has 2 aromatic carbocycles. The van der Waals surface area contributed by atoms with Gasteiger partial charge in [-0.15, -0.1) is 10.2 Å². The van der Waals surface area contributed by atoms with Crippen molar-refractivity contribution in [1.29, 1.82) is 0 Å². The molecule has 2 aliphatic carbocycles. The number of benzene rings is 2. The Balaban J connectivity index is 1.12. The van der Waals surface area contributed by atoms with Gasteiger partial charge in [0.15, 0.2) is 5.82 Å². The van der Waals surface area contributed by atoms with Gasteiger partial charge in [0.2, 0.25) is 0 Å². The second-order valence-corrected chi connectivity index (χ2v) is 12.1. The molecule has 0 saturated heterocycles. The summed E-state index contributed by atoms with van der Waals surface area (Å²) in [5.41, 5.74) is 5.31. The third-order valence-electron chi connectivity index (χ3n) is 9.83. The summed E-state index contributed by atoms with van der Waals surface area (Å²) in [7, 11) is 0. The van der Waals surface area contributed by atoms with Gasteiger partial charge in [0.1, 0.15) is 11.6 Å². The summed E-state index contributed by atoms with van der Waals surface area (Å²) < 4.78 is 28.5. The van der Waals surface area contributed by atoms with Gasteiger partial charge in [-0.2, -0.15) is 5.21 Å². The van der Waals surface area contributed by atoms with Crippen LogP contribution in [0, 0.1) is 17.6 Å². The molecule has 3 heterocycles. The van der Waals surface area contributed by atoms with Crippen LogP contribution in [0.4, 0.5) is 8.78 Å². The minimum atomic E-state index is -0.219. The highest BCUT2D eigenvalue weighted by Crippen LogP contribution is 2.46. The minimum Gasteiger partial charge on any atom is -0.256 e. The summed E-state index contributed by atoms with van der Waals surface area (Å²) >= 11 is 0. The van der Waals surface area contributed by atoms with Crippen molar-refractivity contribution in [3.05, 3.63) is 89.0 Å². The van der Waals surface area contributed by atoms with E-state index in [0.29, 0.717) is 23.7 Å². The Kier molecular flexibility index (Phi) is 6.93. The Labute approximate surface area is 238 Å². The molecule has 1 N–H and O–H groups in total. The number of hydrogen-bond donors (Lipinski definition) is 1. The van der Waals surface area contributed by atoms with Gasteiger partial charge >= 0.3 is 0 Å². The third-order valence-corrected chi connectivity index (χ3v) is 9.83. The standard InChI is InChI=1S/C33H34F2N6/c1-19(33-38-40-41-39-33)20-2-4-22(5-3-20)27-18-32(37-31-13-11-25(35)17-29(27)31)23-8-6-21(7-9-23)26-14-15-36-30-12-10-24(34)16-28(26)30/h10-23H,2-9H2,1H3,(H,38,39,40,41). The second kappa shape index (κ2) is 10.9. The summed E-state index contributed by atoms with van der Waals surface area (Å²) in [6.07, 6.45) is 10.2. The number of H-pyrrole nitrogens is 1. The fourth-order valence-corrected chi connectivity index (χ4v) is 7.49. The van der Waals surface area contributed by atoms with Crippen LogP contribution in [0.5, 0.6) is 0 Å². The molecular formula is C33H34F2N6. The largest absolute Gasteiger partial charge is 0.256 e. The van der Waals surface area contributed by atoms with E-state index in [2.05, 4.69) is 44.7 Å². The summed E-state index contributed by atoms with van der Waals surface area (Å²) in [6, 6.07) is 14.2. The zero-order valence-electron chi connectivity index (χ0n) is 23.2. The number of halogens is 2. The van der Waals surface area contributed by atoms with Crippen molar-refractivity contribution in [2.24, 2.45) is 5.92 Å². The molecule has 0 bridgehead atoms. The van der Waals surface area contributed by atoms with Crippen molar-refractivity contribution >= 4 is 21.8 Å². The summed E-state index contributed by atoms with van der Waals surface area (Å²) in [5.74, 6) is 2.25. The predicted octanol–water partition coefficient (Wildman–Crippen LogP) is 8.09. The van der Waals surface area contributed by atoms with Crippen LogP contribution < -0.4 is 0 Å². The molecule has 0 spiro atoms. The first-order valence-electron chi connectivity index (χ1n) is 14.9. The lowest BCUT2D eigenvalue weighted by atomic mass is 9.72. The van der Waals surface area contributed by atoms with E-state index in [0.717, 1.165) is 84.7 Å². The Morgan fingerprint density at radius 3 is 2.07 bits per heavy atom. The summed E-state index contributed by atoms with van der Waals surface area (Å²) in [6.45, 7) is 2.19. The maximum Gasteiger partial charge on any atom is 0.177 e. The number of rotatable bonds is 5. The number of aromatic amines is 1. The average Bonchev–Trinajstić information content (AvgIpc) is 3.55. The molecule has 1 atom stereocenters. The van der Waals surface area contributed by atoms with E-state index in [1.165, 1.54) is 23.3 Å². The van der Waals surface area contributed by atoms with Gasteiger partial charge in [0.05, 0.1) is 11.0 Å². The average molecular weight is 553 g/mol. The maximum absolute atomic E-state index is 14.4. The lowest BCUT2D eigenvalue weighted by Gasteiger charge is -2.33. The summed E-state index contributed by atoms with van der Waals surface area (Å²) in [5, 5.41) is 16.6. The lowest BCUT2D eigenvalue weighted by molar-refractivity contribution is 0.285. The number of hydrogen-bond acceptors (Lipinski definition) is 5. The normalized spacial score (nSPS) is 24.1. The van der Waals surface area contributed by atoms with Crippen LogP contribution in [0.1, 0.15) is 105 Å². The quantitative estimate of drug-likeness (QED) is 0.238. The highest BCUT2D eigenvalue weighted by Gasteiger charge is 2.31. The molecule has 2 saturated carbocycles. The topological polar surface area (TPSA) is 80.2 Å². The molecule has 0 aliphatic heterocycles. The smallest absolute Gasteiger partial charge is 0.177 e. The number of nitrogens with one attached hydrogen (secondary N) is 1. The van der Waals surface area contributed by atoms with E-state index in [-0.39, 0.29) is 17.6 Å². The van der Waals surface area contributed by atoms with E-state index < -0.39 is 0 Å². The molecule has 6 nitrogen and oxygen atoms in total. The van der Waals surface area contributed by atoms with Crippen molar-refractivity contribution in [3.8, 4) is 0 Å². The lowest BCUT2D eigenvalue weighted by Crippen LogP contribution is -2.20. The van der Waals surface area contributed by atoms with Crippen LogP contribution in [0.2, 0.25) is 0 Å². The van der Waals surface area contributed by atoms with E-state index >= 15 is 0 Å². The van der Waals surface area contributed by atoms with E-state index in [9.17, 15) is 8.78 Å². The molecule has 3 aromatic heterocycles. The summed E-state index contributed by atoms with van der Waals surface area (Å²) in [4.78, 5) is 9.52. The van der Waals surface area contributed by atoms with Gasteiger partial charge in [0.25, 0.3) is 0 Å². The van der Waals surface area contributed by atoms with Crippen molar-refractivity contribution in [3.63, 3.8) is 0 Å². The van der Waals surface area contributed by atoms with Crippen LogP contribution in [0.3, 0.4) is 0 Å². The van der Waals surface area contributed by atoms with Gasteiger partial charge in [-0.05, 0) is 129 Å². The number of tetrazole rings is 1. The molecule has 8 heteroatoms. The van der Waals surface area contributed by atoms with Crippen molar-refractivity contribution < 1.29 is 8.78 Å². The van der Waals surface area contributed by atoms with Gasteiger partial charge in [-0.1, -0.05) is 12.1 Å². The third kappa shape index (κ3) is 5.09. The highest BCUT2D eigenvalue weighted by atomic mass is 19.1. The van der Waals surface area contributed by atoms with Crippen molar-refractivity contribution in [2.45, 2.75) is 82.0 Å². The number of fused-ring (bicyclic) bond motifs is 2. The van der Waals surface area contributed by atoms with Gasteiger partial charge in [-0.3, -0.25) is 9.97 Å². The first-order valence-corrected chi connectivity index (χ1v) is 14.9. The number of aromatic nitrogens is 6. The predicted molar refractivity (Wildman–Crippen MR) is 155 cm³/mol. The van der Waals surface area contributed by atoms with E-state index in [4.69, 9.17) is 4.98 Å². The minimum absolute atomic E-state index is 0.214. The number of pyridine rings is 2. The highest BCUT2D eigenvalue weighted by molar-refractivity contribution is 5.84. The molecular weight excluding hydrogens is 518 g/mol. The molecule has 2 aliphatic rings. The fraction of sp³-hybridized carbons (Fsp3) is 0.424. The van der Waals surface area contributed by atoms with E-state index in [1.54, 1.807) is 18.2 Å². The molecule has 5 aromatic rings. The Morgan fingerprint density at radius 2 is 1.37 bits per heavy atom. The van der Waals surface area contributed by atoms with Crippen LogP contribution in [0.25, 0.3) is 21.8 Å². The Hall–Kier alpha value is -3.81. The van der Waals surface area contributed by atoms with Crippen molar-refractivity contribution in [2.75, 3.05) is 0 Å². The zero-order valence-corrected chi connectivity index (χ0v) is 23.2. The molecule has 0 amide bonds. The first kappa shape index (κ1) is 26.1. The monoisotopic (exact) mass is 552 g/mol. The van der Waals surface area contributed by atoms with Crippen LogP contribution >= 0.6 is 0 Å². The molecule has 2 fully saturated rings. The second-order valence-electron chi connectivity index (χ2n) is 12.1. The SMILES string of the molecule is CC(c1nn[nH]n1)C1CCC(c2cc(C3CCC(c4ccnc5ccc(F)cc45)CC3)nc3ccc(F)cc23)CC1. The van der Waals surface area contributed by atoms with Gasteiger partial charge in [-0.25, -0.2) is 8.78 Å². The first-order chi connectivity index (χ1) is 20.0.